The highest BCUT2D eigenvalue weighted by molar-refractivity contribution is 6.31. The van der Waals surface area contributed by atoms with E-state index in [9.17, 15) is 9.59 Å². The third-order valence-corrected chi connectivity index (χ3v) is 6.77. The van der Waals surface area contributed by atoms with E-state index in [1.165, 1.54) is 6.08 Å². The number of nitrogens with one attached hydrogen (secondary N) is 1. The summed E-state index contributed by atoms with van der Waals surface area (Å²) in [5, 5.41) is 4.13. The minimum absolute atomic E-state index is 0.0198. The number of hydrogen-bond donors (Lipinski definition) is 1. The van der Waals surface area contributed by atoms with Gasteiger partial charge in [0, 0.05) is 53.8 Å². The molecule has 4 rings (SSSR count). The Labute approximate surface area is 221 Å². The van der Waals surface area contributed by atoms with Crippen LogP contribution < -0.4 is 10.2 Å². The van der Waals surface area contributed by atoms with Crippen LogP contribution in [0.5, 0.6) is 0 Å². The van der Waals surface area contributed by atoms with Gasteiger partial charge in [0.25, 0.3) is 0 Å². The van der Waals surface area contributed by atoms with E-state index in [0.717, 1.165) is 16.8 Å². The summed E-state index contributed by atoms with van der Waals surface area (Å²) in [6.07, 6.45) is 3.05. The first-order valence-corrected chi connectivity index (χ1v) is 12.7. The molecule has 8 heteroatoms. The fourth-order valence-electron chi connectivity index (χ4n) is 4.09. The number of rotatable bonds is 6. The molecular formula is C28H29Cl2N3O3. The van der Waals surface area contributed by atoms with Crippen LogP contribution in [-0.4, -0.2) is 42.9 Å². The molecule has 188 valence electrons. The van der Waals surface area contributed by atoms with Crippen molar-refractivity contribution in [2.24, 2.45) is 5.92 Å². The number of carbonyl (C=O) groups is 2. The first kappa shape index (κ1) is 25.9. The summed E-state index contributed by atoms with van der Waals surface area (Å²) in [5.74, 6) is 1.06. The number of nitrogens with zero attached hydrogens (tertiary/aromatic N) is 2. The van der Waals surface area contributed by atoms with Gasteiger partial charge in [-0.05, 0) is 55.0 Å². The van der Waals surface area contributed by atoms with Gasteiger partial charge < -0.3 is 19.5 Å². The van der Waals surface area contributed by atoms with E-state index >= 15 is 0 Å². The molecule has 1 aromatic heterocycles. The second-order valence-electron chi connectivity index (χ2n) is 9.12. The first-order valence-electron chi connectivity index (χ1n) is 11.9. The first-order chi connectivity index (χ1) is 17.2. The number of halogens is 2. The van der Waals surface area contributed by atoms with E-state index in [4.69, 9.17) is 27.6 Å². The number of aryl methyl sites for hydroxylation is 1. The Kier molecular flexibility index (Phi) is 8.07. The number of amides is 2. The summed E-state index contributed by atoms with van der Waals surface area (Å²) in [6, 6.07) is 14.8. The van der Waals surface area contributed by atoms with Crippen molar-refractivity contribution >= 4 is 52.5 Å². The molecule has 0 atom stereocenters. The van der Waals surface area contributed by atoms with Crippen molar-refractivity contribution in [1.29, 1.82) is 0 Å². The summed E-state index contributed by atoms with van der Waals surface area (Å²) in [6.45, 7) is 8.40. The van der Waals surface area contributed by atoms with Crippen molar-refractivity contribution in [2.45, 2.75) is 20.8 Å². The molecule has 1 aliphatic rings. The van der Waals surface area contributed by atoms with Crippen molar-refractivity contribution in [3.63, 3.8) is 0 Å². The van der Waals surface area contributed by atoms with Crippen LogP contribution in [-0.2, 0) is 9.59 Å². The molecule has 1 N–H and O–H groups in total. The van der Waals surface area contributed by atoms with Crippen LogP contribution in [0.25, 0.3) is 17.4 Å². The lowest BCUT2D eigenvalue weighted by Gasteiger charge is -2.37. The van der Waals surface area contributed by atoms with Crippen LogP contribution in [0.1, 0.15) is 25.2 Å². The number of anilines is 2. The Morgan fingerprint density at radius 3 is 2.44 bits per heavy atom. The summed E-state index contributed by atoms with van der Waals surface area (Å²) < 4.78 is 5.86. The van der Waals surface area contributed by atoms with Gasteiger partial charge in [0.15, 0.2) is 0 Å². The van der Waals surface area contributed by atoms with Crippen molar-refractivity contribution < 1.29 is 14.0 Å². The number of furan rings is 1. The predicted molar refractivity (Wildman–Crippen MR) is 147 cm³/mol. The van der Waals surface area contributed by atoms with Gasteiger partial charge in [-0.25, -0.2) is 0 Å². The second kappa shape index (κ2) is 11.2. The maximum Gasteiger partial charge on any atom is 0.248 e. The molecule has 0 unspecified atom stereocenters. The van der Waals surface area contributed by atoms with E-state index in [1.807, 2.05) is 56.0 Å². The third-order valence-electron chi connectivity index (χ3n) is 6.12. The fraction of sp³-hybridized carbons (Fsp3) is 0.286. The number of benzene rings is 2. The zero-order valence-corrected chi connectivity index (χ0v) is 22.1. The maximum atomic E-state index is 12.7. The largest absolute Gasteiger partial charge is 0.457 e. The number of piperazine rings is 1. The molecule has 3 aromatic rings. The van der Waals surface area contributed by atoms with Crippen molar-refractivity contribution in [1.82, 2.24) is 4.90 Å². The molecule has 36 heavy (non-hydrogen) atoms. The Bertz CT molecular complexity index is 1290. The monoisotopic (exact) mass is 525 g/mol. The zero-order valence-electron chi connectivity index (χ0n) is 20.6. The molecule has 2 aromatic carbocycles. The lowest BCUT2D eigenvalue weighted by Crippen LogP contribution is -2.50. The van der Waals surface area contributed by atoms with Gasteiger partial charge in [-0.2, -0.15) is 0 Å². The molecule has 0 aliphatic carbocycles. The van der Waals surface area contributed by atoms with Crippen molar-refractivity contribution in [3.8, 4) is 11.3 Å². The average Bonchev–Trinajstić information content (AvgIpc) is 3.33. The van der Waals surface area contributed by atoms with Gasteiger partial charge in [-0.1, -0.05) is 49.2 Å². The van der Waals surface area contributed by atoms with Gasteiger partial charge in [0.05, 0.1) is 11.4 Å². The smallest absolute Gasteiger partial charge is 0.248 e. The minimum atomic E-state index is -0.302. The molecule has 1 saturated heterocycles. The topological polar surface area (TPSA) is 65.8 Å². The lowest BCUT2D eigenvalue weighted by molar-refractivity contribution is -0.134. The van der Waals surface area contributed by atoms with Crippen molar-refractivity contribution in [3.05, 3.63) is 76.0 Å². The molecule has 2 amide bonds. The SMILES string of the molecule is Cc1ccc(-c2ccc(/C=C/C(=O)Nc3cc(Cl)ccc3N3CCN(C(=O)C(C)C)CC3)o2)cc1Cl. The van der Waals surface area contributed by atoms with Crippen LogP contribution in [0.15, 0.2) is 59.0 Å². The standard InChI is InChI=1S/C28H29Cl2N3O3/c1-18(2)28(35)33-14-12-32(13-15-33)25-9-6-21(29)17-24(25)31-27(34)11-8-22-7-10-26(36-22)20-5-4-19(3)23(30)16-20/h4-11,16-18H,12-15H2,1-3H3,(H,31,34)/b11-8+. The van der Waals surface area contributed by atoms with Crippen LogP contribution in [0.3, 0.4) is 0 Å². The highest BCUT2D eigenvalue weighted by atomic mass is 35.5. The third kappa shape index (κ3) is 6.12. The van der Waals surface area contributed by atoms with Crippen LogP contribution in [0.2, 0.25) is 10.0 Å². The molecule has 0 radical (unpaired) electrons. The number of carbonyl (C=O) groups excluding carboxylic acids is 2. The van der Waals surface area contributed by atoms with E-state index in [-0.39, 0.29) is 17.7 Å². The summed E-state index contributed by atoms with van der Waals surface area (Å²) in [7, 11) is 0. The van der Waals surface area contributed by atoms with Crippen LogP contribution in [0.4, 0.5) is 11.4 Å². The molecule has 1 aliphatic heterocycles. The quantitative estimate of drug-likeness (QED) is 0.372. The van der Waals surface area contributed by atoms with E-state index in [2.05, 4.69) is 10.2 Å². The fourth-order valence-corrected chi connectivity index (χ4v) is 4.45. The Morgan fingerprint density at radius 2 is 1.75 bits per heavy atom. The zero-order chi connectivity index (χ0) is 25.8. The van der Waals surface area contributed by atoms with Gasteiger partial charge in [-0.15, -0.1) is 0 Å². The van der Waals surface area contributed by atoms with E-state index < -0.39 is 0 Å². The summed E-state index contributed by atoms with van der Waals surface area (Å²) in [5.41, 5.74) is 3.35. The van der Waals surface area contributed by atoms with Crippen molar-refractivity contribution in [2.75, 3.05) is 36.4 Å². The molecule has 1 fully saturated rings. The van der Waals surface area contributed by atoms with Gasteiger partial charge in [-0.3, -0.25) is 9.59 Å². The Morgan fingerprint density at radius 1 is 1.00 bits per heavy atom. The summed E-state index contributed by atoms with van der Waals surface area (Å²) >= 11 is 12.5. The average molecular weight is 526 g/mol. The van der Waals surface area contributed by atoms with Crippen LogP contribution in [0, 0.1) is 12.8 Å². The predicted octanol–water partition coefficient (Wildman–Crippen LogP) is 6.52. The van der Waals surface area contributed by atoms with E-state index in [1.54, 1.807) is 24.3 Å². The van der Waals surface area contributed by atoms with Gasteiger partial charge in [0.2, 0.25) is 11.8 Å². The highest BCUT2D eigenvalue weighted by Crippen LogP contribution is 2.31. The molecule has 0 spiro atoms. The molecule has 2 heterocycles. The second-order valence-corrected chi connectivity index (χ2v) is 9.96. The minimum Gasteiger partial charge on any atom is -0.457 e. The molecular weight excluding hydrogens is 497 g/mol. The maximum absolute atomic E-state index is 12.7. The van der Waals surface area contributed by atoms with Gasteiger partial charge >= 0.3 is 0 Å². The highest BCUT2D eigenvalue weighted by Gasteiger charge is 2.24. The number of hydrogen-bond acceptors (Lipinski definition) is 4. The molecule has 0 saturated carbocycles. The lowest BCUT2D eigenvalue weighted by atomic mass is 10.1. The normalized spacial score (nSPS) is 14.1. The van der Waals surface area contributed by atoms with E-state index in [0.29, 0.717) is 53.4 Å². The Balaban J connectivity index is 1.42. The van der Waals surface area contributed by atoms with Gasteiger partial charge in [0.1, 0.15) is 11.5 Å². The summed E-state index contributed by atoms with van der Waals surface area (Å²) in [4.78, 5) is 29.1. The van der Waals surface area contributed by atoms with Crippen LogP contribution >= 0.6 is 23.2 Å². The molecule has 0 bridgehead atoms. The Hall–Kier alpha value is -3.22. The molecule has 6 nitrogen and oxygen atoms in total.